The van der Waals surface area contributed by atoms with E-state index >= 15 is 0 Å². The molecule has 0 saturated heterocycles. The summed E-state index contributed by atoms with van der Waals surface area (Å²) in [5.74, 6) is -1.79. The summed E-state index contributed by atoms with van der Waals surface area (Å²) >= 11 is 5.80. The molecule has 1 heterocycles. The largest absolute Gasteiger partial charge is 0.478 e. The number of benzene rings is 1. The lowest BCUT2D eigenvalue weighted by Gasteiger charge is -2.08. The first-order valence-corrected chi connectivity index (χ1v) is 5.61. The summed E-state index contributed by atoms with van der Waals surface area (Å²) in [4.78, 5) is 26.8. The molecule has 0 aliphatic rings. The van der Waals surface area contributed by atoms with Crippen LogP contribution >= 0.6 is 11.6 Å². The molecule has 98 valence electrons. The monoisotopic (exact) mass is 280 g/mol. The minimum absolute atomic E-state index is 0.0244. The second-order valence-electron chi connectivity index (χ2n) is 3.69. The number of oxazole rings is 1. The van der Waals surface area contributed by atoms with Crippen molar-refractivity contribution in [2.24, 2.45) is 0 Å². The van der Waals surface area contributed by atoms with Gasteiger partial charge in [-0.25, -0.2) is 9.78 Å². The van der Waals surface area contributed by atoms with Crippen LogP contribution in [0.2, 0.25) is 5.02 Å². The van der Waals surface area contributed by atoms with Crippen LogP contribution in [-0.4, -0.2) is 22.0 Å². The zero-order valence-electron chi connectivity index (χ0n) is 9.81. The number of hydrogen-bond donors (Lipinski definition) is 2. The van der Waals surface area contributed by atoms with Crippen LogP contribution in [0.3, 0.4) is 0 Å². The van der Waals surface area contributed by atoms with Gasteiger partial charge in [0.15, 0.2) is 6.39 Å². The third-order valence-electron chi connectivity index (χ3n) is 2.43. The average Bonchev–Trinajstić information content (AvgIpc) is 2.75. The van der Waals surface area contributed by atoms with Crippen molar-refractivity contribution in [3.8, 4) is 0 Å². The highest BCUT2D eigenvalue weighted by Gasteiger charge is 2.19. The quantitative estimate of drug-likeness (QED) is 0.901. The molecule has 6 nitrogen and oxygen atoms in total. The Bertz CT molecular complexity index is 651. The van der Waals surface area contributed by atoms with E-state index in [1.165, 1.54) is 18.2 Å². The Labute approximate surface area is 113 Å². The molecule has 2 aromatic rings. The second kappa shape index (κ2) is 5.11. The number of carbonyl (C=O) groups is 2. The Balaban J connectivity index is 2.35. The third-order valence-corrected chi connectivity index (χ3v) is 2.74. The van der Waals surface area contributed by atoms with Gasteiger partial charge in [-0.15, -0.1) is 0 Å². The Morgan fingerprint density at radius 3 is 2.74 bits per heavy atom. The van der Waals surface area contributed by atoms with Crippen LogP contribution in [0.4, 0.5) is 5.69 Å². The van der Waals surface area contributed by atoms with Crippen LogP contribution in [-0.2, 0) is 0 Å². The van der Waals surface area contributed by atoms with E-state index in [-0.39, 0.29) is 22.0 Å². The lowest BCUT2D eigenvalue weighted by atomic mass is 10.1. The van der Waals surface area contributed by atoms with Crippen molar-refractivity contribution in [3.05, 3.63) is 46.6 Å². The number of carboxylic acids is 1. The number of rotatable bonds is 3. The topological polar surface area (TPSA) is 92.4 Å². The van der Waals surface area contributed by atoms with Crippen molar-refractivity contribution in [2.45, 2.75) is 6.92 Å². The highest BCUT2D eigenvalue weighted by Crippen LogP contribution is 2.25. The molecular weight excluding hydrogens is 272 g/mol. The minimum Gasteiger partial charge on any atom is -0.478 e. The maximum Gasteiger partial charge on any atom is 0.339 e. The molecular formula is C12H9ClN2O4. The molecule has 7 heteroatoms. The first-order valence-electron chi connectivity index (χ1n) is 5.24. The summed E-state index contributed by atoms with van der Waals surface area (Å²) in [6.45, 7) is 1.61. The second-order valence-corrected chi connectivity index (χ2v) is 4.10. The number of carbonyl (C=O) groups excluding carboxylic acids is 1. The number of aromatic nitrogens is 1. The van der Waals surface area contributed by atoms with E-state index < -0.39 is 11.9 Å². The molecule has 19 heavy (non-hydrogen) atoms. The standard InChI is InChI=1S/C12H9ClN2O4/c1-6-10(19-5-14-6)11(16)15-8-4-2-3-7(13)9(8)12(17)18/h2-5H,1H3,(H,15,16)(H,17,18). The van der Waals surface area contributed by atoms with E-state index in [2.05, 4.69) is 10.3 Å². The summed E-state index contributed by atoms with van der Waals surface area (Å²) in [5.41, 5.74) is 0.340. The summed E-state index contributed by atoms with van der Waals surface area (Å²) < 4.78 is 4.93. The van der Waals surface area contributed by atoms with E-state index in [1.807, 2.05) is 0 Å². The summed E-state index contributed by atoms with van der Waals surface area (Å²) in [7, 11) is 0. The fraction of sp³-hybridized carbons (Fsp3) is 0.0833. The van der Waals surface area contributed by atoms with Gasteiger partial charge < -0.3 is 14.8 Å². The Morgan fingerprint density at radius 2 is 2.16 bits per heavy atom. The van der Waals surface area contributed by atoms with E-state index in [0.717, 1.165) is 6.39 Å². The number of amides is 1. The first kappa shape index (κ1) is 13.1. The Morgan fingerprint density at radius 1 is 1.42 bits per heavy atom. The highest BCUT2D eigenvalue weighted by atomic mass is 35.5. The molecule has 0 atom stereocenters. The van der Waals surface area contributed by atoms with Crippen molar-refractivity contribution >= 4 is 29.2 Å². The van der Waals surface area contributed by atoms with E-state index in [9.17, 15) is 9.59 Å². The summed E-state index contributed by atoms with van der Waals surface area (Å²) in [6.07, 6.45) is 1.14. The molecule has 2 N–H and O–H groups in total. The lowest BCUT2D eigenvalue weighted by molar-refractivity contribution is 0.0698. The predicted octanol–water partition coefficient (Wildman–Crippen LogP) is 2.59. The Kier molecular flexibility index (Phi) is 3.52. The van der Waals surface area contributed by atoms with Crippen LogP contribution in [0, 0.1) is 6.92 Å². The molecule has 2 rings (SSSR count). The van der Waals surface area contributed by atoms with Crippen molar-refractivity contribution in [1.82, 2.24) is 4.98 Å². The number of aryl methyl sites for hydroxylation is 1. The molecule has 0 radical (unpaired) electrons. The smallest absolute Gasteiger partial charge is 0.339 e. The number of anilines is 1. The molecule has 0 unspecified atom stereocenters. The van der Waals surface area contributed by atoms with Gasteiger partial charge in [0.05, 0.1) is 16.4 Å². The molecule has 0 spiro atoms. The summed E-state index contributed by atoms with van der Waals surface area (Å²) in [6, 6.07) is 4.41. The van der Waals surface area contributed by atoms with E-state index in [4.69, 9.17) is 21.1 Å². The normalized spacial score (nSPS) is 10.2. The zero-order valence-corrected chi connectivity index (χ0v) is 10.6. The number of nitrogens with one attached hydrogen (secondary N) is 1. The van der Waals surface area contributed by atoms with Gasteiger partial charge in [-0.05, 0) is 19.1 Å². The van der Waals surface area contributed by atoms with Gasteiger partial charge in [0, 0.05) is 0 Å². The molecule has 1 aromatic heterocycles. The summed E-state index contributed by atoms with van der Waals surface area (Å²) in [5, 5.41) is 11.6. The molecule has 0 aliphatic heterocycles. The molecule has 0 aliphatic carbocycles. The number of carboxylic acid groups (broad SMARTS) is 1. The van der Waals surface area contributed by atoms with Gasteiger partial charge in [-0.1, -0.05) is 17.7 Å². The SMILES string of the molecule is Cc1ncoc1C(=O)Nc1cccc(Cl)c1C(=O)O. The van der Waals surface area contributed by atoms with Gasteiger partial charge in [0.1, 0.15) is 5.56 Å². The zero-order chi connectivity index (χ0) is 14.0. The van der Waals surface area contributed by atoms with E-state index in [0.29, 0.717) is 5.69 Å². The number of nitrogens with zero attached hydrogens (tertiary/aromatic N) is 1. The van der Waals surface area contributed by atoms with Gasteiger partial charge in [-0.2, -0.15) is 0 Å². The van der Waals surface area contributed by atoms with Crippen LogP contribution in [0.15, 0.2) is 29.0 Å². The maximum atomic E-state index is 11.9. The highest BCUT2D eigenvalue weighted by molar-refractivity contribution is 6.34. The predicted molar refractivity (Wildman–Crippen MR) is 67.6 cm³/mol. The maximum absolute atomic E-state index is 11.9. The van der Waals surface area contributed by atoms with Crippen LogP contribution in [0.25, 0.3) is 0 Å². The molecule has 1 amide bonds. The van der Waals surface area contributed by atoms with E-state index in [1.54, 1.807) is 6.92 Å². The van der Waals surface area contributed by atoms with Crippen LogP contribution in [0.5, 0.6) is 0 Å². The Hall–Kier alpha value is -2.34. The van der Waals surface area contributed by atoms with Gasteiger partial charge >= 0.3 is 5.97 Å². The van der Waals surface area contributed by atoms with Crippen molar-refractivity contribution < 1.29 is 19.1 Å². The number of halogens is 1. The number of aromatic carboxylic acids is 1. The minimum atomic E-state index is -1.23. The van der Waals surface area contributed by atoms with Crippen molar-refractivity contribution in [3.63, 3.8) is 0 Å². The lowest BCUT2D eigenvalue weighted by Crippen LogP contribution is -2.15. The van der Waals surface area contributed by atoms with Gasteiger partial charge in [0.25, 0.3) is 5.91 Å². The molecule has 0 saturated carbocycles. The average molecular weight is 281 g/mol. The van der Waals surface area contributed by atoms with Crippen LogP contribution in [0.1, 0.15) is 26.6 Å². The van der Waals surface area contributed by atoms with Crippen LogP contribution < -0.4 is 5.32 Å². The first-order chi connectivity index (χ1) is 9.00. The number of hydrogen-bond acceptors (Lipinski definition) is 4. The molecule has 1 aromatic carbocycles. The van der Waals surface area contributed by atoms with Crippen molar-refractivity contribution in [1.29, 1.82) is 0 Å². The fourth-order valence-electron chi connectivity index (χ4n) is 1.54. The molecule has 0 bridgehead atoms. The van der Waals surface area contributed by atoms with Gasteiger partial charge in [-0.3, -0.25) is 4.79 Å². The molecule has 0 fully saturated rings. The van der Waals surface area contributed by atoms with Gasteiger partial charge in [0.2, 0.25) is 5.76 Å². The fourth-order valence-corrected chi connectivity index (χ4v) is 1.80. The van der Waals surface area contributed by atoms with Crippen molar-refractivity contribution in [2.75, 3.05) is 5.32 Å². The third kappa shape index (κ3) is 2.58.